The van der Waals surface area contributed by atoms with Gasteiger partial charge in [-0.15, -0.1) is 0 Å². The van der Waals surface area contributed by atoms with Gasteiger partial charge in [-0.2, -0.15) is 0 Å². The van der Waals surface area contributed by atoms with Crippen LogP contribution in [0.15, 0.2) is 0 Å². The largest absolute Gasteiger partial charge is 0.394 e. The highest BCUT2D eigenvalue weighted by molar-refractivity contribution is 6.20. The molecular formula is C8H13ClO4. The van der Waals surface area contributed by atoms with Crippen molar-refractivity contribution in [1.29, 1.82) is 0 Å². The maximum atomic E-state index is 8.98. The van der Waals surface area contributed by atoms with E-state index in [1.54, 1.807) is 0 Å². The van der Waals surface area contributed by atoms with Gasteiger partial charge in [0.15, 0.2) is 11.4 Å². The van der Waals surface area contributed by atoms with Gasteiger partial charge in [-0.25, -0.2) is 0 Å². The Kier molecular flexibility index (Phi) is 2.28. The highest BCUT2D eigenvalue weighted by Crippen LogP contribution is 2.39. The van der Waals surface area contributed by atoms with Crippen molar-refractivity contribution in [2.24, 2.45) is 0 Å². The highest BCUT2D eigenvalue weighted by Gasteiger charge is 2.54. The van der Waals surface area contributed by atoms with Gasteiger partial charge in [0.25, 0.3) is 0 Å². The van der Waals surface area contributed by atoms with E-state index in [9.17, 15) is 0 Å². The average molecular weight is 209 g/mol. The number of aliphatic hydroxyl groups is 1. The summed E-state index contributed by atoms with van der Waals surface area (Å²) in [6.45, 7) is 3.55. The Labute approximate surface area is 81.7 Å². The molecular weight excluding hydrogens is 196 g/mol. The second kappa shape index (κ2) is 3.07. The molecule has 4 atom stereocenters. The van der Waals surface area contributed by atoms with Gasteiger partial charge in [0, 0.05) is 0 Å². The number of hydrogen-bond acceptors (Lipinski definition) is 4. The van der Waals surface area contributed by atoms with Crippen molar-refractivity contribution in [3.63, 3.8) is 0 Å². The van der Waals surface area contributed by atoms with Crippen LogP contribution in [0.25, 0.3) is 0 Å². The lowest BCUT2D eigenvalue weighted by atomic mass is 10.2. The first-order valence-electron chi connectivity index (χ1n) is 4.29. The van der Waals surface area contributed by atoms with Gasteiger partial charge in [-0.3, -0.25) is 0 Å². The van der Waals surface area contributed by atoms with Crippen LogP contribution in [0, 0.1) is 0 Å². The van der Waals surface area contributed by atoms with E-state index in [1.807, 2.05) is 13.8 Å². The van der Waals surface area contributed by atoms with E-state index in [4.69, 9.17) is 30.9 Å². The molecule has 76 valence electrons. The second-order valence-corrected chi connectivity index (χ2v) is 4.20. The van der Waals surface area contributed by atoms with Gasteiger partial charge in [0.05, 0.1) is 6.61 Å². The van der Waals surface area contributed by atoms with Crippen molar-refractivity contribution >= 4 is 11.6 Å². The summed E-state index contributed by atoms with van der Waals surface area (Å²) in [6, 6.07) is 0. The van der Waals surface area contributed by atoms with E-state index >= 15 is 0 Å². The Morgan fingerprint density at radius 1 is 1.31 bits per heavy atom. The minimum Gasteiger partial charge on any atom is -0.394 e. The number of alkyl halides is 1. The maximum Gasteiger partial charge on any atom is 0.164 e. The Balaban J connectivity index is 2.12. The Morgan fingerprint density at radius 2 is 1.92 bits per heavy atom. The fraction of sp³-hybridized carbons (Fsp3) is 1.00. The van der Waals surface area contributed by atoms with Crippen molar-refractivity contribution in [3.8, 4) is 0 Å². The summed E-state index contributed by atoms with van der Waals surface area (Å²) in [6.07, 6.45) is -0.884. The summed E-state index contributed by atoms with van der Waals surface area (Å²) in [5, 5.41) is 8.98. The molecule has 2 aliphatic heterocycles. The number of halogens is 1. The van der Waals surface area contributed by atoms with Gasteiger partial charge in [0.1, 0.15) is 18.3 Å². The SMILES string of the molecule is CC1(C)O[C@@H]2[C@H](O1)[C@H](CO)O[C@@H]2Cl. The molecule has 2 fully saturated rings. The first-order chi connectivity index (χ1) is 6.03. The van der Waals surface area contributed by atoms with Crippen LogP contribution in [0.2, 0.25) is 0 Å². The highest BCUT2D eigenvalue weighted by atomic mass is 35.5. The molecule has 5 heteroatoms. The number of hydrogen-bond donors (Lipinski definition) is 1. The molecule has 0 amide bonds. The number of fused-ring (bicyclic) bond motifs is 1. The van der Waals surface area contributed by atoms with Crippen LogP contribution in [0.1, 0.15) is 13.8 Å². The van der Waals surface area contributed by atoms with E-state index in [2.05, 4.69) is 0 Å². The van der Waals surface area contributed by atoms with E-state index in [0.29, 0.717) is 0 Å². The van der Waals surface area contributed by atoms with Crippen molar-refractivity contribution < 1.29 is 19.3 Å². The van der Waals surface area contributed by atoms with Crippen LogP contribution >= 0.6 is 11.6 Å². The molecule has 0 aromatic carbocycles. The molecule has 1 N–H and O–H groups in total. The van der Waals surface area contributed by atoms with E-state index < -0.39 is 11.4 Å². The normalized spacial score (nSPS) is 48.0. The van der Waals surface area contributed by atoms with Crippen LogP contribution < -0.4 is 0 Å². The summed E-state index contributed by atoms with van der Waals surface area (Å²) in [5.41, 5.74) is -0.524. The van der Waals surface area contributed by atoms with Crippen LogP contribution in [0.3, 0.4) is 0 Å². The summed E-state index contributed by atoms with van der Waals surface area (Å²) in [7, 11) is 0. The monoisotopic (exact) mass is 208 g/mol. The molecule has 2 saturated heterocycles. The lowest BCUT2D eigenvalue weighted by Crippen LogP contribution is -2.31. The summed E-state index contributed by atoms with van der Waals surface area (Å²) in [4.78, 5) is 0. The number of aliphatic hydroxyl groups excluding tert-OH is 1. The van der Waals surface area contributed by atoms with Crippen molar-refractivity contribution in [3.05, 3.63) is 0 Å². The standard InChI is InChI=1S/C8H13ClO4/c1-8(2)12-5-4(3-10)11-7(9)6(5)13-8/h4-7,10H,3H2,1-2H3/t4-,5+,6+,7-/m0/s1. The van der Waals surface area contributed by atoms with E-state index in [0.717, 1.165) is 0 Å². The van der Waals surface area contributed by atoms with Crippen LogP contribution in [-0.4, -0.2) is 41.4 Å². The lowest BCUT2D eigenvalue weighted by Gasteiger charge is -2.21. The third kappa shape index (κ3) is 1.57. The molecule has 2 aliphatic rings. The third-order valence-corrected chi connectivity index (χ3v) is 2.62. The number of ether oxygens (including phenoxy) is 3. The van der Waals surface area contributed by atoms with Crippen LogP contribution in [0.4, 0.5) is 0 Å². The fourth-order valence-corrected chi connectivity index (χ4v) is 2.10. The molecule has 0 unspecified atom stereocenters. The van der Waals surface area contributed by atoms with Gasteiger partial charge in [0.2, 0.25) is 0 Å². The molecule has 0 bridgehead atoms. The quantitative estimate of drug-likeness (QED) is 0.637. The zero-order valence-electron chi connectivity index (χ0n) is 7.57. The fourth-order valence-electron chi connectivity index (χ4n) is 1.78. The summed E-state index contributed by atoms with van der Waals surface area (Å²) in [5.74, 6) is -0.625. The second-order valence-electron chi connectivity index (χ2n) is 3.77. The zero-order chi connectivity index (χ0) is 9.64. The molecule has 0 aliphatic carbocycles. The molecule has 0 saturated carbocycles. The molecule has 0 radical (unpaired) electrons. The van der Waals surface area contributed by atoms with E-state index in [1.165, 1.54) is 0 Å². The first-order valence-corrected chi connectivity index (χ1v) is 4.73. The molecule has 2 heterocycles. The minimum absolute atomic E-state index is 0.0934. The topological polar surface area (TPSA) is 47.9 Å². The summed E-state index contributed by atoms with van der Waals surface area (Å²) < 4.78 is 16.3. The maximum absolute atomic E-state index is 8.98. The summed E-state index contributed by atoms with van der Waals surface area (Å²) >= 11 is 5.88. The average Bonchev–Trinajstić information content (AvgIpc) is 2.47. The van der Waals surface area contributed by atoms with Crippen molar-refractivity contribution in [2.45, 2.75) is 43.5 Å². The molecule has 0 aromatic rings. The van der Waals surface area contributed by atoms with Crippen LogP contribution in [-0.2, 0) is 14.2 Å². The van der Waals surface area contributed by atoms with E-state index in [-0.39, 0.29) is 24.9 Å². The van der Waals surface area contributed by atoms with Gasteiger partial charge in [-0.1, -0.05) is 11.6 Å². The van der Waals surface area contributed by atoms with Crippen molar-refractivity contribution in [2.75, 3.05) is 6.61 Å². The Bertz CT molecular complexity index is 208. The third-order valence-electron chi connectivity index (χ3n) is 2.27. The molecule has 0 spiro atoms. The zero-order valence-corrected chi connectivity index (χ0v) is 8.32. The lowest BCUT2D eigenvalue weighted by molar-refractivity contribution is -0.182. The molecule has 0 aromatic heterocycles. The predicted octanol–water partition coefficient (Wildman–Crippen LogP) is 0.462. The predicted molar refractivity (Wildman–Crippen MR) is 45.4 cm³/mol. The Hall–Kier alpha value is 0.130. The van der Waals surface area contributed by atoms with Gasteiger partial charge in [-0.05, 0) is 13.8 Å². The van der Waals surface area contributed by atoms with Crippen molar-refractivity contribution in [1.82, 2.24) is 0 Å². The van der Waals surface area contributed by atoms with Crippen LogP contribution in [0.5, 0.6) is 0 Å². The first kappa shape index (κ1) is 9.68. The molecule has 13 heavy (non-hydrogen) atoms. The molecule has 4 nitrogen and oxygen atoms in total. The van der Waals surface area contributed by atoms with Gasteiger partial charge < -0.3 is 19.3 Å². The van der Waals surface area contributed by atoms with Gasteiger partial charge >= 0.3 is 0 Å². The minimum atomic E-state index is -0.625. The smallest absolute Gasteiger partial charge is 0.164 e. The Morgan fingerprint density at radius 3 is 2.54 bits per heavy atom. The number of rotatable bonds is 1. The molecule has 2 rings (SSSR count).